The van der Waals surface area contributed by atoms with E-state index in [9.17, 15) is 0 Å². The normalized spacial score (nSPS) is 11.1. The van der Waals surface area contributed by atoms with Gasteiger partial charge in [-0.1, -0.05) is 0 Å². The van der Waals surface area contributed by atoms with Crippen molar-refractivity contribution in [2.45, 2.75) is 20.4 Å². The van der Waals surface area contributed by atoms with E-state index in [0.29, 0.717) is 38.1 Å². The number of nitrogens with one attached hydrogen (secondary N) is 2. The first-order chi connectivity index (χ1) is 13.1. The molecular weight excluding hydrogens is 346 g/mol. The van der Waals surface area contributed by atoms with Gasteiger partial charge in [0.25, 0.3) is 0 Å². The molecule has 0 saturated carbocycles. The van der Waals surface area contributed by atoms with Crippen LogP contribution in [0.25, 0.3) is 11.0 Å². The summed E-state index contributed by atoms with van der Waals surface area (Å²) in [7, 11) is 3.33. The van der Waals surface area contributed by atoms with Crippen molar-refractivity contribution in [2.24, 2.45) is 0 Å². The van der Waals surface area contributed by atoms with Crippen LogP contribution >= 0.6 is 0 Å². The first-order valence-electron chi connectivity index (χ1n) is 8.79. The minimum absolute atomic E-state index is 0.518. The van der Waals surface area contributed by atoms with Crippen LogP contribution in [0, 0.1) is 13.8 Å². The number of aromatic nitrogens is 5. The average molecular weight is 371 g/mol. The molecule has 9 nitrogen and oxygen atoms in total. The first kappa shape index (κ1) is 19.0. The summed E-state index contributed by atoms with van der Waals surface area (Å²) in [6, 6.07) is 3.92. The molecule has 0 atom stereocenters. The predicted octanol–water partition coefficient (Wildman–Crippen LogP) is 2.29. The zero-order valence-corrected chi connectivity index (χ0v) is 16.1. The number of methoxy groups -OCH3 is 2. The standard InChI is InChI=1S/C18H25N7O2/c1-12-5-6-19-14(11-12)21-17-16-15(13(2)24-25(16)8-10-27-4)22-18(23-17)20-7-9-26-3/h5-6,11H,7-10H2,1-4H3,(H2,19,20,21,22,23). The third kappa shape index (κ3) is 4.50. The monoisotopic (exact) mass is 371 g/mol. The van der Waals surface area contributed by atoms with Crippen LogP contribution in [0.1, 0.15) is 11.3 Å². The number of ether oxygens (including phenoxy) is 2. The maximum atomic E-state index is 5.21. The Morgan fingerprint density at radius 3 is 2.67 bits per heavy atom. The zero-order valence-electron chi connectivity index (χ0n) is 16.1. The van der Waals surface area contributed by atoms with Gasteiger partial charge < -0.3 is 20.1 Å². The van der Waals surface area contributed by atoms with Crippen LogP contribution in [-0.2, 0) is 16.0 Å². The fraction of sp³-hybridized carbons (Fsp3) is 0.444. The third-order valence-corrected chi connectivity index (χ3v) is 4.01. The number of hydrogen-bond acceptors (Lipinski definition) is 8. The van der Waals surface area contributed by atoms with Gasteiger partial charge in [-0.15, -0.1) is 0 Å². The molecule has 0 fully saturated rings. The fourth-order valence-corrected chi connectivity index (χ4v) is 2.73. The van der Waals surface area contributed by atoms with E-state index in [1.54, 1.807) is 20.4 Å². The summed E-state index contributed by atoms with van der Waals surface area (Å²) in [6.07, 6.45) is 1.77. The molecule has 3 rings (SSSR count). The Morgan fingerprint density at radius 2 is 1.93 bits per heavy atom. The molecule has 0 saturated heterocycles. The highest BCUT2D eigenvalue weighted by Crippen LogP contribution is 2.27. The molecule has 0 aliphatic carbocycles. The van der Waals surface area contributed by atoms with Crippen LogP contribution in [0.2, 0.25) is 0 Å². The molecule has 27 heavy (non-hydrogen) atoms. The van der Waals surface area contributed by atoms with Crippen LogP contribution in [0.3, 0.4) is 0 Å². The quantitative estimate of drug-likeness (QED) is 0.553. The highest BCUT2D eigenvalue weighted by atomic mass is 16.5. The Morgan fingerprint density at radius 1 is 1.11 bits per heavy atom. The van der Waals surface area contributed by atoms with Gasteiger partial charge in [-0.25, -0.2) is 9.97 Å². The highest BCUT2D eigenvalue weighted by Gasteiger charge is 2.17. The van der Waals surface area contributed by atoms with Crippen molar-refractivity contribution >= 4 is 28.6 Å². The second-order valence-electron chi connectivity index (χ2n) is 6.16. The van der Waals surface area contributed by atoms with Gasteiger partial charge in [0, 0.05) is 27.0 Å². The van der Waals surface area contributed by atoms with Crippen LogP contribution in [0.4, 0.5) is 17.6 Å². The van der Waals surface area contributed by atoms with E-state index in [4.69, 9.17) is 9.47 Å². The fourth-order valence-electron chi connectivity index (χ4n) is 2.73. The zero-order chi connectivity index (χ0) is 19.2. The van der Waals surface area contributed by atoms with E-state index < -0.39 is 0 Å². The lowest BCUT2D eigenvalue weighted by Gasteiger charge is -2.12. The van der Waals surface area contributed by atoms with Crippen molar-refractivity contribution in [3.05, 3.63) is 29.6 Å². The van der Waals surface area contributed by atoms with Crippen LogP contribution in [0.15, 0.2) is 18.3 Å². The lowest BCUT2D eigenvalue weighted by Crippen LogP contribution is -2.12. The number of fused-ring (bicyclic) bond motifs is 1. The largest absolute Gasteiger partial charge is 0.383 e. The number of pyridine rings is 1. The molecule has 3 aromatic rings. The molecule has 144 valence electrons. The van der Waals surface area contributed by atoms with E-state index in [1.165, 1.54) is 0 Å². The second-order valence-corrected chi connectivity index (χ2v) is 6.16. The van der Waals surface area contributed by atoms with Gasteiger partial charge in [0.1, 0.15) is 16.9 Å². The van der Waals surface area contributed by atoms with Crippen molar-refractivity contribution in [2.75, 3.05) is 44.6 Å². The SMILES string of the molecule is COCCNc1nc(Nc2cc(C)ccn2)c2c(n1)c(C)nn2CCOC. The average Bonchev–Trinajstić information content (AvgIpc) is 2.96. The van der Waals surface area contributed by atoms with E-state index in [0.717, 1.165) is 28.1 Å². The Balaban J connectivity index is 2.04. The topological polar surface area (TPSA) is 99.0 Å². The number of rotatable bonds is 9. The van der Waals surface area contributed by atoms with Gasteiger partial charge >= 0.3 is 0 Å². The summed E-state index contributed by atoms with van der Waals surface area (Å²) in [5.41, 5.74) is 3.56. The summed E-state index contributed by atoms with van der Waals surface area (Å²) in [5.74, 6) is 1.88. The Bertz CT molecular complexity index is 910. The Kier molecular flexibility index (Phi) is 6.15. The molecule has 0 aliphatic heterocycles. The molecule has 9 heteroatoms. The summed E-state index contributed by atoms with van der Waals surface area (Å²) in [6.45, 7) is 6.29. The van der Waals surface area contributed by atoms with Crippen molar-refractivity contribution in [1.29, 1.82) is 0 Å². The van der Waals surface area contributed by atoms with Crippen LogP contribution in [-0.4, -0.2) is 58.7 Å². The molecule has 0 radical (unpaired) electrons. The van der Waals surface area contributed by atoms with Gasteiger partial charge in [0.15, 0.2) is 5.82 Å². The number of anilines is 3. The van der Waals surface area contributed by atoms with E-state index in [-0.39, 0.29) is 0 Å². The molecule has 0 spiro atoms. The third-order valence-electron chi connectivity index (χ3n) is 4.01. The molecule has 0 unspecified atom stereocenters. The highest BCUT2D eigenvalue weighted by molar-refractivity contribution is 5.90. The van der Waals surface area contributed by atoms with Crippen LogP contribution in [0.5, 0.6) is 0 Å². The van der Waals surface area contributed by atoms with Gasteiger partial charge in [-0.05, 0) is 31.5 Å². The molecular formula is C18H25N7O2. The Hall–Kier alpha value is -2.78. The Labute approximate surface area is 158 Å². The van der Waals surface area contributed by atoms with Crippen molar-refractivity contribution < 1.29 is 9.47 Å². The van der Waals surface area contributed by atoms with Gasteiger partial charge in [-0.3, -0.25) is 4.68 Å². The van der Waals surface area contributed by atoms with Crippen molar-refractivity contribution in [3.63, 3.8) is 0 Å². The maximum Gasteiger partial charge on any atom is 0.225 e. The molecule has 0 amide bonds. The van der Waals surface area contributed by atoms with E-state index in [1.807, 2.05) is 30.7 Å². The second kappa shape index (κ2) is 8.74. The minimum atomic E-state index is 0.518. The van der Waals surface area contributed by atoms with Crippen molar-refractivity contribution in [1.82, 2.24) is 24.7 Å². The predicted molar refractivity (Wildman–Crippen MR) is 105 cm³/mol. The summed E-state index contributed by atoms with van der Waals surface area (Å²) in [4.78, 5) is 13.7. The van der Waals surface area contributed by atoms with Gasteiger partial charge in [0.05, 0.1) is 25.5 Å². The summed E-state index contributed by atoms with van der Waals surface area (Å²) < 4.78 is 12.2. The lowest BCUT2D eigenvalue weighted by molar-refractivity contribution is 0.185. The first-order valence-corrected chi connectivity index (χ1v) is 8.79. The molecule has 0 bridgehead atoms. The minimum Gasteiger partial charge on any atom is -0.383 e. The van der Waals surface area contributed by atoms with E-state index >= 15 is 0 Å². The maximum absolute atomic E-state index is 5.21. The molecule has 3 heterocycles. The molecule has 3 aromatic heterocycles. The smallest absolute Gasteiger partial charge is 0.225 e. The van der Waals surface area contributed by atoms with Gasteiger partial charge in [0.2, 0.25) is 5.95 Å². The summed E-state index contributed by atoms with van der Waals surface area (Å²) in [5, 5.41) is 11.1. The molecule has 0 aromatic carbocycles. The molecule has 0 aliphatic rings. The van der Waals surface area contributed by atoms with Crippen LogP contribution < -0.4 is 10.6 Å². The summed E-state index contributed by atoms with van der Waals surface area (Å²) >= 11 is 0. The van der Waals surface area contributed by atoms with Gasteiger partial charge in [-0.2, -0.15) is 10.1 Å². The number of hydrogen-bond donors (Lipinski definition) is 2. The number of aryl methyl sites for hydroxylation is 2. The van der Waals surface area contributed by atoms with E-state index in [2.05, 4.69) is 30.7 Å². The number of nitrogens with zero attached hydrogens (tertiary/aromatic N) is 5. The van der Waals surface area contributed by atoms with Crippen molar-refractivity contribution in [3.8, 4) is 0 Å². The molecule has 2 N–H and O–H groups in total. The lowest BCUT2D eigenvalue weighted by atomic mass is 10.3.